The van der Waals surface area contributed by atoms with Crippen LogP contribution in [0.2, 0.25) is 0 Å². The molecular weight excluding hydrogens is 327 g/mol. The molecule has 1 aromatic rings. The van der Waals surface area contributed by atoms with Gasteiger partial charge in [-0.05, 0) is 48.9 Å². The summed E-state index contributed by atoms with van der Waals surface area (Å²) in [5.74, 6) is -1.63. The molecule has 3 rings (SSSR count). The van der Waals surface area contributed by atoms with E-state index in [1.165, 1.54) is 17.0 Å². The molecule has 0 aromatic heterocycles. The normalized spacial score (nSPS) is 20.0. The number of amides is 3. The van der Waals surface area contributed by atoms with Gasteiger partial charge in [0.05, 0.1) is 0 Å². The van der Waals surface area contributed by atoms with E-state index < -0.39 is 17.8 Å². The highest BCUT2D eigenvalue weighted by molar-refractivity contribution is 6.05. The highest BCUT2D eigenvalue weighted by atomic mass is 19.1. The van der Waals surface area contributed by atoms with E-state index in [1.807, 2.05) is 0 Å². The average Bonchev–Trinajstić information content (AvgIpc) is 2.89. The summed E-state index contributed by atoms with van der Waals surface area (Å²) in [5.41, 5.74) is 1.85. The van der Waals surface area contributed by atoms with E-state index >= 15 is 0 Å². The number of aliphatic hydroxyl groups is 1. The van der Waals surface area contributed by atoms with Gasteiger partial charge in [-0.2, -0.15) is 0 Å². The first-order valence-electron chi connectivity index (χ1n) is 8.58. The van der Waals surface area contributed by atoms with Crippen molar-refractivity contribution in [2.75, 3.05) is 6.61 Å². The van der Waals surface area contributed by atoms with E-state index in [-0.39, 0.29) is 31.4 Å². The maximum Gasteiger partial charge on any atom is 0.255 e. The number of halogens is 1. The molecule has 3 amide bonds. The monoisotopic (exact) mass is 348 g/mol. The summed E-state index contributed by atoms with van der Waals surface area (Å²) in [6.07, 6.45) is 3.42. The summed E-state index contributed by atoms with van der Waals surface area (Å²) in [4.78, 5) is 37.5. The number of nitrogens with zero attached hydrogens (tertiary/aromatic N) is 1. The molecule has 0 radical (unpaired) electrons. The molecule has 0 spiro atoms. The molecule has 25 heavy (non-hydrogen) atoms. The maximum atomic E-state index is 13.9. The van der Waals surface area contributed by atoms with Crippen molar-refractivity contribution in [3.63, 3.8) is 0 Å². The molecule has 1 atom stereocenters. The molecule has 2 aliphatic rings. The number of aliphatic hydroxyl groups excluding tert-OH is 1. The van der Waals surface area contributed by atoms with Crippen molar-refractivity contribution in [2.45, 2.75) is 51.1 Å². The maximum absolute atomic E-state index is 13.9. The lowest BCUT2D eigenvalue weighted by Gasteiger charge is -2.29. The molecule has 0 unspecified atom stereocenters. The van der Waals surface area contributed by atoms with Crippen molar-refractivity contribution in [3.8, 4) is 0 Å². The third kappa shape index (κ3) is 3.56. The zero-order valence-electron chi connectivity index (χ0n) is 13.9. The van der Waals surface area contributed by atoms with Gasteiger partial charge in [0.1, 0.15) is 11.9 Å². The van der Waals surface area contributed by atoms with Crippen LogP contribution in [0.3, 0.4) is 0 Å². The predicted octanol–water partition coefficient (Wildman–Crippen LogP) is 1.29. The lowest BCUT2D eigenvalue weighted by Crippen LogP contribution is -2.52. The number of imide groups is 1. The molecule has 1 aromatic carbocycles. The predicted molar refractivity (Wildman–Crippen MR) is 87.1 cm³/mol. The van der Waals surface area contributed by atoms with Crippen LogP contribution in [0, 0.1) is 5.82 Å². The van der Waals surface area contributed by atoms with Gasteiger partial charge in [0.2, 0.25) is 11.8 Å². The summed E-state index contributed by atoms with van der Waals surface area (Å²) in [6.45, 7) is 0.388. The molecule has 0 saturated carbocycles. The van der Waals surface area contributed by atoms with Crippen LogP contribution in [0.25, 0.3) is 0 Å². The van der Waals surface area contributed by atoms with Crippen LogP contribution < -0.4 is 5.32 Å². The Kier molecular flexibility index (Phi) is 5.13. The first kappa shape index (κ1) is 17.5. The third-order valence-electron chi connectivity index (χ3n) is 4.82. The van der Waals surface area contributed by atoms with Gasteiger partial charge in [-0.1, -0.05) is 6.42 Å². The fraction of sp³-hybridized carbons (Fsp3) is 0.500. The number of carbonyl (C=O) groups is 3. The Bertz CT molecular complexity index is 719. The third-order valence-corrected chi connectivity index (χ3v) is 4.82. The number of piperidine rings is 1. The summed E-state index contributed by atoms with van der Waals surface area (Å²) in [5, 5.41) is 11.1. The highest BCUT2D eigenvalue weighted by Gasteiger charge is 2.40. The van der Waals surface area contributed by atoms with Crippen molar-refractivity contribution in [1.82, 2.24) is 10.2 Å². The smallest absolute Gasteiger partial charge is 0.255 e. The van der Waals surface area contributed by atoms with Crippen LogP contribution in [-0.2, 0) is 22.6 Å². The quantitative estimate of drug-likeness (QED) is 0.599. The second kappa shape index (κ2) is 7.31. The summed E-state index contributed by atoms with van der Waals surface area (Å²) < 4.78 is 13.9. The number of aryl methyl sites for hydroxylation is 1. The van der Waals surface area contributed by atoms with Crippen molar-refractivity contribution < 1.29 is 23.9 Å². The van der Waals surface area contributed by atoms with Crippen LogP contribution in [0.5, 0.6) is 0 Å². The molecule has 0 bridgehead atoms. The second-order valence-electron chi connectivity index (χ2n) is 6.53. The standard InChI is InChI=1S/C18H21FN2O4/c19-12-8-11(4-2-1-3-7-22)14-10-21(18(25)13(14)9-12)15-5-6-16(23)20-17(15)24/h8-9,15,22H,1-7,10H2,(H,20,23,24)/t15-/m0/s1. The fourth-order valence-electron chi connectivity index (χ4n) is 3.53. The van der Waals surface area contributed by atoms with Crippen molar-refractivity contribution in [1.29, 1.82) is 0 Å². The topological polar surface area (TPSA) is 86.7 Å². The van der Waals surface area contributed by atoms with E-state index in [4.69, 9.17) is 5.11 Å². The van der Waals surface area contributed by atoms with Crippen LogP contribution in [-0.4, -0.2) is 40.4 Å². The lowest BCUT2D eigenvalue weighted by atomic mass is 9.98. The average molecular weight is 348 g/mol. The Labute approximate surface area is 145 Å². The Morgan fingerprint density at radius 2 is 2.00 bits per heavy atom. The minimum Gasteiger partial charge on any atom is -0.396 e. The zero-order valence-corrected chi connectivity index (χ0v) is 13.9. The minimum atomic E-state index is -0.692. The SMILES string of the molecule is O=C1CC[C@H](N2Cc3c(CCCCCO)cc(F)cc3C2=O)C(=O)N1. The second-order valence-corrected chi connectivity index (χ2v) is 6.53. The van der Waals surface area contributed by atoms with Gasteiger partial charge in [0.15, 0.2) is 0 Å². The molecular formula is C18H21FN2O4. The number of hydrogen-bond acceptors (Lipinski definition) is 4. The molecule has 6 nitrogen and oxygen atoms in total. The summed E-state index contributed by atoms with van der Waals surface area (Å²) >= 11 is 0. The van der Waals surface area contributed by atoms with E-state index in [2.05, 4.69) is 5.32 Å². The molecule has 2 aliphatic heterocycles. The van der Waals surface area contributed by atoms with Crippen LogP contribution in [0.4, 0.5) is 4.39 Å². The molecule has 134 valence electrons. The molecule has 2 heterocycles. The Morgan fingerprint density at radius 3 is 2.72 bits per heavy atom. The van der Waals surface area contributed by atoms with E-state index in [0.29, 0.717) is 24.8 Å². The lowest BCUT2D eigenvalue weighted by molar-refractivity contribution is -0.136. The number of hydrogen-bond donors (Lipinski definition) is 2. The van der Waals surface area contributed by atoms with Gasteiger partial charge >= 0.3 is 0 Å². The number of benzene rings is 1. The van der Waals surface area contributed by atoms with Gasteiger partial charge in [-0.3, -0.25) is 19.7 Å². The Hall–Kier alpha value is -2.28. The Morgan fingerprint density at radius 1 is 1.20 bits per heavy atom. The Balaban J connectivity index is 1.80. The summed E-state index contributed by atoms with van der Waals surface area (Å²) in [6, 6.07) is 1.97. The highest BCUT2D eigenvalue weighted by Crippen LogP contribution is 2.31. The molecule has 1 saturated heterocycles. The van der Waals surface area contributed by atoms with Gasteiger partial charge in [-0.25, -0.2) is 4.39 Å². The van der Waals surface area contributed by atoms with Crippen molar-refractivity contribution in [2.24, 2.45) is 0 Å². The first-order valence-corrected chi connectivity index (χ1v) is 8.58. The molecule has 2 N–H and O–H groups in total. The summed E-state index contributed by atoms with van der Waals surface area (Å²) in [7, 11) is 0. The van der Waals surface area contributed by atoms with E-state index in [1.54, 1.807) is 0 Å². The largest absolute Gasteiger partial charge is 0.396 e. The van der Waals surface area contributed by atoms with Gasteiger partial charge in [-0.15, -0.1) is 0 Å². The van der Waals surface area contributed by atoms with Crippen LogP contribution in [0.1, 0.15) is 53.6 Å². The first-order chi connectivity index (χ1) is 12.0. The number of carbonyl (C=O) groups excluding carboxylic acids is 3. The van der Waals surface area contributed by atoms with Gasteiger partial charge in [0.25, 0.3) is 5.91 Å². The minimum absolute atomic E-state index is 0.128. The van der Waals surface area contributed by atoms with Crippen molar-refractivity contribution >= 4 is 17.7 Å². The van der Waals surface area contributed by atoms with Crippen LogP contribution in [0.15, 0.2) is 12.1 Å². The van der Waals surface area contributed by atoms with E-state index in [0.717, 1.165) is 24.0 Å². The zero-order chi connectivity index (χ0) is 18.0. The van der Waals surface area contributed by atoms with Crippen LogP contribution >= 0.6 is 0 Å². The number of rotatable bonds is 6. The number of fused-ring (bicyclic) bond motifs is 1. The molecule has 7 heteroatoms. The number of nitrogens with one attached hydrogen (secondary N) is 1. The van der Waals surface area contributed by atoms with E-state index in [9.17, 15) is 18.8 Å². The van der Waals surface area contributed by atoms with Gasteiger partial charge in [0, 0.05) is 25.1 Å². The van der Waals surface area contributed by atoms with Crippen molar-refractivity contribution in [3.05, 3.63) is 34.6 Å². The fourth-order valence-corrected chi connectivity index (χ4v) is 3.53. The molecule has 1 fully saturated rings. The molecule has 0 aliphatic carbocycles. The van der Waals surface area contributed by atoms with Gasteiger partial charge < -0.3 is 10.0 Å². The number of unbranched alkanes of at least 4 members (excludes halogenated alkanes) is 2.